The molecule has 0 aromatic heterocycles. The molecule has 1 unspecified atom stereocenters. The Morgan fingerprint density at radius 1 is 0.794 bits per heavy atom. The first-order valence-electron chi connectivity index (χ1n) is 12.7. The Labute approximate surface area is 229 Å². The summed E-state index contributed by atoms with van der Waals surface area (Å²) in [5, 5.41) is -2.07. The third-order valence-corrected chi connectivity index (χ3v) is 6.62. The van der Waals surface area contributed by atoms with Crippen molar-refractivity contribution in [1.29, 1.82) is 0 Å². The zero-order chi connectivity index (χ0) is 24.8. The summed E-state index contributed by atoms with van der Waals surface area (Å²) in [6.45, 7) is 5.51. The van der Waals surface area contributed by atoms with Gasteiger partial charge in [-0.1, -0.05) is 116 Å². The Morgan fingerprint density at radius 3 is 1.59 bits per heavy atom. The molecule has 0 bridgehead atoms. The molecule has 0 saturated carbocycles. The van der Waals surface area contributed by atoms with Crippen LogP contribution < -0.4 is 29.6 Å². The molecule has 0 N–H and O–H groups in total. The van der Waals surface area contributed by atoms with Crippen LogP contribution in [0.1, 0.15) is 116 Å². The molecule has 0 fully saturated rings. The number of rotatable bonds is 23. The van der Waals surface area contributed by atoms with Crippen LogP contribution in [0.4, 0.5) is 0 Å². The van der Waals surface area contributed by atoms with Crippen molar-refractivity contribution in [2.75, 3.05) is 13.2 Å². The summed E-state index contributed by atoms with van der Waals surface area (Å²) >= 11 is 0. The van der Waals surface area contributed by atoms with Crippen molar-refractivity contribution in [3.05, 3.63) is 12.7 Å². The van der Waals surface area contributed by atoms with E-state index in [1.54, 1.807) is 0 Å². The number of carbonyl (C=O) groups is 2. The second-order valence-electron chi connectivity index (χ2n) is 8.63. The van der Waals surface area contributed by atoms with E-state index in [1.807, 2.05) is 0 Å². The van der Waals surface area contributed by atoms with Crippen molar-refractivity contribution >= 4 is 22.1 Å². The van der Waals surface area contributed by atoms with Gasteiger partial charge >= 0.3 is 41.5 Å². The molecule has 0 amide bonds. The van der Waals surface area contributed by atoms with E-state index in [9.17, 15) is 22.6 Å². The maximum Gasteiger partial charge on any atom is 1.00 e. The predicted octanol–water partition coefficient (Wildman–Crippen LogP) is 2.83. The second kappa shape index (κ2) is 24.3. The molecule has 0 aromatic carbocycles. The van der Waals surface area contributed by atoms with E-state index in [-0.39, 0.29) is 42.8 Å². The molecule has 0 aromatic rings. The number of hydrogen-bond acceptors (Lipinski definition) is 7. The average molecular weight is 513 g/mol. The first kappa shape index (κ1) is 35.8. The van der Waals surface area contributed by atoms with Crippen LogP contribution in [-0.2, 0) is 29.2 Å². The van der Waals surface area contributed by atoms with Crippen LogP contribution in [0.2, 0.25) is 0 Å². The topological polar surface area (TPSA) is 110 Å². The summed E-state index contributed by atoms with van der Waals surface area (Å²) in [5.41, 5.74) is 0. The summed E-state index contributed by atoms with van der Waals surface area (Å²) in [6.07, 6.45) is 20.0. The van der Waals surface area contributed by atoms with E-state index in [0.29, 0.717) is 6.42 Å². The van der Waals surface area contributed by atoms with Crippen molar-refractivity contribution in [3.63, 3.8) is 0 Å². The van der Waals surface area contributed by atoms with Gasteiger partial charge in [-0.05, 0) is 6.42 Å². The molecule has 0 radical (unpaired) electrons. The molecule has 0 saturated heterocycles. The standard InChI is InChI=1S/C25H46O7S.Na/c1-3-5-6-7-8-9-10-11-12-13-14-15-16-17-18-19-21-32-25(27)23(33(28,29)30)22-24(26)31-20-4-2;/h4,23H,2-3,5-22H2,1H3,(H,28,29,30);/q;+1/p-1. The van der Waals surface area contributed by atoms with Gasteiger partial charge in [-0.2, -0.15) is 0 Å². The van der Waals surface area contributed by atoms with Crippen LogP contribution in [0.5, 0.6) is 0 Å². The van der Waals surface area contributed by atoms with E-state index >= 15 is 0 Å². The minimum Gasteiger partial charge on any atom is -0.747 e. The zero-order valence-corrected chi connectivity index (χ0v) is 24.4. The van der Waals surface area contributed by atoms with Crippen molar-refractivity contribution in [1.82, 2.24) is 0 Å². The van der Waals surface area contributed by atoms with Crippen LogP contribution in [0.3, 0.4) is 0 Å². The smallest absolute Gasteiger partial charge is 0.747 e. The molecule has 9 heteroatoms. The van der Waals surface area contributed by atoms with Crippen molar-refractivity contribution < 1.29 is 61.6 Å². The zero-order valence-electron chi connectivity index (χ0n) is 21.6. The van der Waals surface area contributed by atoms with E-state index < -0.39 is 33.7 Å². The summed E-state index contributed by atoms with van der Waals surface area (Å²) in [7, 11) is -5.01. The van der Waals surface area contributed by atoms with E-state index in [4.69, 9.17) is 4.74 Å². The van der Waals surface area contributed by atoms with Gasteiger partial charge in [-0.3, -0.25) is 9.59 Å². The van der Waals surface area contributed by atoms with E-state index in [1.165, 1.54) is 83.1 Å². The second-order valence-corrected chi connectivity index (χ2v) is 10.2. The summed E-state index contributed by atoms with van der Waals surface area (Å²) in [5.74, 6) is -2.15. The van der Waals surface area contributed by atoms with Gasteiger partial charge in [-0.15, -0.1) is 0 Å². The quantitative estimate of drug-likeness (QED) is 0.0681. The molecule has 0 aliphatic carbocycles. The Bertz CT molecular complexity index is 623. The molecule has 7 nitrogen and oxygen atoms in total. The summed E-state index contributed by atoms with van der Waals surface area (Å²) < 4.78 is 43.4. The van der Waals surface area contributed by atoms with E-state index in [2.05, 4.69) is 18.2 Å². The maximum absolute atomic E-state index is 11.9. The van der Waals surface area contributed by atoms with Gasteiger partial charge in [0.1, 0.15) is 16.7 Å². The number of unbranched alkanes of at least 4 members (excludes halogenated alkanes) is 15. The fourth-order valence-corrected chi connectivity index (χ4v) is 4.23. The molecule has 0 heterocycles. The Hall–Kier alpha value is -0.410. The van der Waals surface area contributed by atoms with E-state index in [0.717, 1.165) is 19.3 Å². The van der Waals surface area contributed by atoms with Gasteiger partial charge < -0.3 is 14.0 Å². The average Bonchev–Trinajstić information content (AvgIpc) is 2.77. The fraction of sp³-hybridized carbons (Fsp3) is 0.840. The van der Waals surface area contributed by atoms with Crippen molar-refractivity contribution in [3.8, 4) is 0 Å². The summed E-state index contributed by atoms with van der Waals surface area (Å²) in [6, 6.07) is 0. The molecule has 0 spiro atoms. The number of carbonyl (C=O) groups excluding carboxylic acids is 2. The van der Waals surface area contributed by atoms with Crippen LogP contribution in [0, 0.1) is 0 Å². The van der Waals surface area contributed by atoms with Gasteiger partial charge in [0.15, 0.2) is 5.25 Å². The number of esters is 2. The SMILES string of the molecule is C=CCOC(=O)CC(C(=O)OCCCCCCCCCCCCCCCCCC)S(=O)(=O)[O-].[Na+]. The van der Waals surface area contributed by atoms with Gasteiger partial charge in [-0.25, -0.2) is 8.42 Å². The Kier molecular flexibility index (Phi) is 25.5. The first-order chi connectivity index (χ1) is 15.8. The molecule has 1 atom stereocenters. The molecule has 34 heavy (non-hydrogen) atoms. The number of hydrogen-bond donors (Lipinski definition) is 0. The Morgan fingerprint density at radius 2 is 1.21 bits per heavy atom. The van der Waals surface area contributed by atoms with Gasteiger partial charge in [0.25, 0.3) is 0 Å². The van der Waals surface area contributed by atoms with Gasteiger partial charge in [0.2, 0.25) is 0 Å². The third kappa shape index (κ3) is 22.1. The number of ether oxygens (including phenoxy) is 2. The largest absolute Gasteiger partial charge is 1.00 e. The molecule has 0 rings (SSSR count). The Balaban J connectivity index is 0. The molecule has 0 aliphatic rings. The monoisotopic (exact) mass is 512 g/mol. The predicted molar refractivity (Wildman–Crippen MR) is 130 cm³/mol. The minimum absolute atomic E-state index is 0. The molecular weight excluding hydrogens is 467 g/mol. The fourth-order valence-electron chi connectivity index (χ4n) is 3.58. The minimum atomic E-state index is -5.01. The first-order valence-corrected chi connectivity index (χ1v) is 14.2. The normalized spacial score (nSPS) is 11.9. The van der Waals surface area contributed by atoms with Crippen LogP contribution in [0.25, 0.3) is 0 Å². The summed E-state index contributed by atoms with van der Waals surface area (Å²) in [4.78, 5) is 23.4. The van der Waals surface area contributed by atoms with Gasteiger partial charge in [0.05, 0.1) is 13.0 Å². The maximum atomic E-state index is 11.9. The molecule has 194 valence electrons. The van der Waals surface area contributed by atoms with Crippen LogP contribution >= 0.6 is 0 Å². The van der Waals surface area contributed by atoms with Crippen LogP contribution in [-0.4, -0.2) is 43.4 Å². The third-order valence-electron chi connectivity index (χ3n) is 5.57. The van der Waals surface area contributed by atoms with Crippen molar-refractivity contribution in [2.45, 2.75) is 121 Å². The molecule has 0 aliphatic heterocycles. The van der Waals surface area contributed by atoms with Crippen molar-refractivity contribution in [2.24, 2.45) is 0 Å². The molecular formula is C25H45NaO7S. The van der Waals surface area contributed by atoms with Gasteiger partial charge in [0, 0.05) is 0 Å². The van der Waals surface area contributed by atoms with Crippen LogP contribution in [0.15, 0.2) is 12.7 Å².